The van der Waals surface area contributed by atoms with Crippen molar-refractivity contribution in [2.45, 2.75) is 45.6 Å². The Labute approximate surface area is 161 Å². The summed E-state index contributed by atoms with van der Waals surface area (Å²) in [6, 6.07) is 5.65. The van der Waals surface area contributed by atoms with Gasteiger partial charge >= 0.3 is 0 Å². The van der Waals surface area contributed by atoms with Gasteiger partial charge in [0.1, 0.15) is 0 Å². The van der Waals surface area contributed by atoms with Gasteiger partial charge in [0.2, 0.25) is 21.8 Å². The standard InChI is InChI=1S/C19H27N3O4S/c1-4-19(24)22(16-8-10-20(11-9-16)14(2)23)17-5-6-18-15(13-17)7-12-21(18)27(3,25)26/h5-6,13,16H,4,7-12H2,1-3H3. The number of anilines is 2. The number of fused-ring (bicyclic) bond motifs is 1. The number of nitrogens with zero attached hydrogens (tertiary/aromatic N) is 3. The lowest BCUT2D eigenvalue weighted by Crippen LogP contribution is -2.48. The number of likely N-dealkylation sites (tertiary alicyclic amines) is 1. The SMILES string of the molecule is CCC(=O)N(c1ccc2c(c1)CCN2S(C)(=O)=O)C1CCN(C(C)=O)CC1. The Hall–Kier alpha value is -2.09. The number of hydrogen-bond donors (Lipinski definition) is 0. The largest absolute Gasteiger partial charge is 0.343 e. The zero-order chi connectivity index (χ0) is 19.8. The summed E-state index contributed by atoms with van der Waals surface area (Å²) in [7, 11) is -3.29. The molecule has 2 aliphatic heterocycles. The monoisotopic (exact) mass is 393 g/mol. The molecule has 0 saturated carbocycles. The minimum absolute atomic E-state index is 0.0502. The van der Waals surface area contributed by atoms with E-state index < -0.39 is 10.0 Å². The van der Waals surface area contributed by atoms with E-state index in [9.17, 15) is 18.0 Å². The first kappa shape index (κ1) is 19.7. The lowest BCUT2D eigenvalue weighted by molar-refractivity contribution is -0.129. The third kappa shape index (κ3) is 3.95. The van der Waals surface area contributed by atoms with Crippen LogP contribution in [-0.4, -0.2) is 57.1 Å². The fraction of sp³-hybridized carbons (Fsp3) is 0.579. The number of carbonyl (C=O) groups is 2. The third-order valence-electron chi connectivity index (χ3n) is 5.44. The molecule has 0 aliphatic carbocycles. The summed E-state index contributed by atoms with van der Waals surface area (Å²) in [5.41, 5.74) is 2.47. The van der Waals surface area contributed by atoms with Crippen LogP contribution in [0.4, 0.5) is 11.4 Å². The molecular weight excluding hydrogens is 366 g/mol. The summed E-state index contributed by atoms with van der Waals surface area (Å²) in [5, 5.41) is 0. The fourth-order valence-electron chi connectivity index (χ4n) is 4.02. The number of carbonyl (C=O) groups excluding carboxylic acids is 2. The van der Waals surface area contributed by atoms with E-state index in [0.717, 1.165) is 24.1 Å². The molecule has 0 atom stereocenters. The molecule has 2 aliphatic rings. The van der Waals surface area contributed by atoms with Gasteiger partial charge in [-0.2, -0.15) is 0 Å². The highest BCUT2D eigenvalue weighted by Crippen LogP contribution is 2.35. The molecule has 0 aromatic heterocycles. The maximum absolute atomic E-state index is 12.7. The van der Waals surface area contributed by atoms with Crippen molar-refractivity contribution in [3.8, 4) is 0 Å². The molecule has 8 heteroatoms. The molecule has 1 saturated heterocycles. The van der Waals surface area contributed by atoms with E-state index in [4.69, 9.17) is 0 Å². The summed E-state index contributed by atoms with van der Waals surface area (Å²) in [4.78, 5) is 27.9. The van der Waals surface area contributed by atoms with Crippen molar-refractivity contribution < 1.29 is 18.0 Å². The summed E-state index contributed by atoms with van der Waals surface area (Å²) in [6.07, 6.45) is 3.76. The fourth-order valence-corrected chi connectivity index (χ4v) is 4.98. The lowest BCUT2D eigenvalue weighted by atomic mass is 10.0. The molecule has 1 aromatic rings. The van der Waals surface area contributed by atoms with Gasteiger partial charge in [0.05, 0.1) is 11.9 Å². The molecule has 1 aromatic carbocycles. The average Bonchev–Trinajstić information content (AvgIpc) is 3.06. The topological polar surface area (TPSA) is 78.0 Å². The Balaban J connectivity index is 1.87. The van der Waals surface area contributed by atoms with Crippen molar-refractivity contribution >= 4 is 33.2 Å². The van der Waals surface area contributed by atoms with E-state index in [-0.39, 0.29) is 17.9 Å². The summed E-state index contributed by atoms with van der Waals surface area (Å²) in [6.45, 7) is 5.17. The van der Waals surface area contributed by atoms with Crippen LogP contribution in [0.2, 0.25) is 0 Å². The Morgan fingerprint density at radius 1 is 1.19 bits per heavy atom. The molecule has 0 unspecified atom stereocenters. The number of amides is 2. The zero-order valence-electron chi connectivity index (χ0n) is 16.1. The van der Waals surface area contributed by atoms with Gasteiger partial charge in [-0.15, -0.1) is 0 Å². The summed E-state index contributed by atoms with van der Waals surface area (Å²) >= 11 is 0. The molecule has 0 bridgehead atoms. The summed E-state index contributed by atoms with van der Waals surface area (Å²) < 4.78 is 25.3. The molecule has 2 heterocycles. The number of rotatable bonds is 4. The van der Waals surface area contributed by atoms with Gasteiger partial charge in [-0.3, -0.25) is 13.9 Å². The molecular formula is C19H27N3O4S. The van der Waals surface area contributed by atoms with Crippen molar-refractivity contribution in [3.63, 3.8) is 0 Å². The van der Waals surface area contributed by atoms with E-state index >= 15 is 0 Å². The second-order valence-electron chi connectivity index (χ2n) is 7.25. The molecule has 0 radical (unpaired) electrons. The number of piperidine rings is 1. The Kier molecular flexibility index (Phi) is 5.46. The van der Waals surface area contributed by atoms with Crippen LogP contribution in [0.25, 0.3) is 0 Å². The third-order valence-corrected chi connectivity index (χ3v) is 6.62. The number of sulfonamides is 1. The van der Waals surface area contributed by atoms with Gasteiger partial charge in [0, 0.05) is 44.7 Å². The maximum Gasteiger partial charge on any atom is 0.232 e. The number of hydrogen-bond acceptors (Lipinski definition) is 4. The molecule has 1 fully saturated rings. The smallest absolute Gasteiger partial charge is 0.232 e. The van der Waals surface area contributed by atoms with Gasteiger partial charge in [-0.25, -0.2) is 8.42 Å². The minimum Gasteiger partial charge on any atom is -0.343 e. The van der Waals surface area contributed by atoms with Crippen molar-refractivity contribution in [2.24, 2.45) is 0 Å². The molecule has 3 rings (SSSR count). The van der Waals surface area contributed by atoms with E-state index in [1.807, 2.05) is 28.9 Å². The molecule has 27 heavy (non-hydrogen) atoms. The van der Waals surface area contributed by atoms with Crippen LogP contribution in [0.15, 0.2) is 18.2 Å². The average molecular weight is 394 g/mol. The maximum atomic E-state index is 12.7. The van der Waals surface area contributed by atoms with Crippen molar-refractivity contribution in [2.75, 3.05) is 35.1 Å². The highest BCUT2D eigenvalue weighted by Gasteiger charge is 2.31. The van der Waals surface area contributed by atoms with Crippen LogP contribution in [0.1, 0.15) is 38.7 Å². The molecule has 7 nitrogen and oxygen atoms in total. The van der Waals surface area contributed by atoms with Gasteiger partial charge in [0.25, 0.3) is 0 Å². The first-order valence-electron chi connectivity index (χ1n) is 9.40. The Bertz CT molecular complexity index is 845. The first-order valence-corrected chi connectivity index (χ1v) is 11.3. The second-order valence-corrected chi connectivity index (χ2v) is 9.16. The Morgan fingerprint density at radius 3 is 2.41 bits per heavy atom. The van der Waals surface area contributed by atoms with Gasteiger partial charge in [-0.05, 0) is 43.0 Å². The van der Waals surface area contributed by atoms with E-state index in [0.29, 0.717) is 38.2 Å². The van der Waals surface area contributed by atoms with E-state index in [2.05, 4.69) is 0 Å². The molecule has 0 spiro atoms. The van der Waals surface area contributed by atoms with Crippen LogP contribution < -0.4 is 9.21 Å². The summed E-state index contributed by atoms with van der Waals surface area (Å²) in [5.74, 6) is 0.120. The van der Waals surface area contributed by atoms with Crippen molar-refractivity contribution in [3.05, 3.63) is 23.8 Å². The van der Waals surface area contributed by atoms with Crippen LogP contribution in [0.3, 0.4) is 0 Å². The van der Waals surface area contributed by atoms with Crippen LogP contribution in [0.5, 0.6) is 0 Å². The first-order chi connectivity index (χ1) is 12.7. The molecule has 148 valence electrons. The van der Waals surface area contributed by atoms with Crippen LogP contribution in [-0.2, 0) is 26.0 Å². The zero-order valence-corrected chi connectivity index (χ0v) is 17.0. The van der Waals surface area contributed by atoms with Crippen molar-refractivity contribution in [1.29, 1.82) is 0 Å². The van der Waals surface area contributed by atoms with E-state index in [1.165, 1.54) is 10.6 Å². The van der Waals surface area contributed by atoms with Crippen LogP contribution in [0, 0.1) is 0 Å². The minimum atomic E-state index is -3.29. The van der Waals surface area contributed by atoms with Gasteiger partial charge in [0.15, 0.2) is 0 Å². The molecule has 0 N–H and O–H groups in total. The highest BCUT2D eigenvalue weighted by molar-refractivity contribution is 7.92. The lowest BCUT2D eigenvalue weighted by Gasteiger charge is -2.38. The van der Waals surface area contributed by atoms with Gasteiger partial charge < -0.3 is 9.80 Å². The number of benzene rings is 1. The predicted octanol–water partition coefficient (Wildman–Crippen LogP) is 1.76. The highest BCUT2D eigenvalue weighted by atomic mass is 32.2. The quantitative estimate of drug-likeness (QED) is 0.781. The van der Waals surface area contributed by atoms with Crippen molar-refractivity contribution in [1.82, 2.24) is 4.90 Å². The second kappa shape index (κ2) is 7.50. The Morgan fingerprint density at radius 2 is 1.85 bits per heavy atom. The van der Waals surface area contributed by atoms with E-state index in [1.54, 1.807) is 13.0 Å². The predicted molar refractivity (Wildman–Crippen MR) is 105 cm³/mol. The van der Waals surface area contributed by atoms with Gasteiger partial charge in [-0.1, -0.05) is 6.92 Å². The normalized spacial score (nSPS) is 17.7. The molecule has 2 amide bonds. The van der Waals surface area contributed by atoms with Crippen LogP contribution >= 0.6 is 0 Å².